The van der Waals surface area contributed by atoms with Crippen molar-refractivity contribution in [2.75, 3.05) is 26.2 Å². The second-order valence-corrected chi connectivity index (χ2v) is 10.8. The number of nitrogens with one attached hydrogen (secondary N) is 1. The zero-order chi connectivity index (χ0) is 19.1. The van der Waals surface area contributed by atoms with Crippen LogP contribution in [-0.2, 0) is 5.41 Å². The zero-order valence-corrected chi connectivity index (χ0v) is 17.5. The molecule has 0 unspecified atom stereocenters. The molecule has 0 aromatic heterocycles. The highest BCUT2D eigenvalue weighted by atomic mass is 16.5. The van der Waals surface area contributed by atoms with Gasteiger partial charge in [-0.1, -0.05) is 19.1 Å². The monoisotopic (exact) mass is 384 g/mol. The summed E-state index contributed by atoms with van der Waals surface area (Å²) in [6.45, 7) is 5.95. The molecule has 4 aliphatic carbocycles. The van der Waals surface area contributed by atoms with E-state index in [1.54, 1.807) is 5.56 Å². The summed E-state index contributed by atoms with van der Waals surface area (Å²) in [4.78, 5) is 1.53. The number of aliphatic hydroxyl groups is 1. The highest BCUT2D eigenvalue weighted by Crippen LogP contribution is 2.60. The Morgan fingerprint density at radius 2 is 1.57 bits per heavy atom. The highest BCUT2D eigenvalue weighted by Gasteiger charge is 2.51. The van der Waals surface area contributed by atoms with Crippen LogP contribution in [0.2, 0.25) is 0 Å². The summed E-state index contributed by atoms with van der Waals surface area (Å²) in [7, 11) is 0. The molecule has 0 amide bonds. The number of aliphatic hydroxyl groups excluding tert-OH is 1. The summed E-state index contributed by atoms with van der Waals surface area (Å²) in [5.74, 6) is 4.72. The maximum atomic E-state index is 10.4. The van der Waals surface area contributed by atoms with Crippen molar-refractivity contribution in [2.45, 2.75) is 69.8 Å². The second-order valence-electron chi connectivity index (χ2n) is 10.8. The standard InChI is InChI=1S/C25H37NO2/c1-18-6-8-26(9-7-18)16-23(27)17-28-24-4-2-22(3-5-24)25-13-19-10-20(14-25)12-21(11-19)15-25/h2-5,18-21,23,27H,6-17H2,1H3/p+1/t19?,20?,21?,23-,25?/m1/s1. The molecule has 1 aromatic rings. The molecular formula is C25H38NO2+. The maximum Gasteiger partial charge on any atom is 0.137 e. The van der Waals surface area contributed by atoms with Crippen LogP contribution in [0.15, 0.2) is 24.3 Å². The van der Waals surface area contributed by atoms with Crippen LogP contribution < -0.4 is 9.64 Å². The van der Waals surface area contributed by atoms with Crippen LogP contribution in [0.1, 0.15) is 63.9 Å². The molecule has 4 saturated carbocycles. The van der Waals surface area contributed by atoms with Gasteiger partial charge in [-0.2, -0.15) is 0 Å². The van der Waals surface area contributed by atoms with Crippen LogP contribution in [0, 0.1) is 23.7 Å². The quantitative estimate of drug-likeness (QED) is 0.790. The van der Waals surface area contributed by atoms with Gasteiger partial charge in [0.15, 0.2) is 0 Å². The van der Waals surface area contributed by atoms with Gasteiger partial charge in [0, 0.05) is 0 Å². The number of rotatable bonds is 6. The molecule has 1 aliphatic heterocycles. The molecule has 0 radical (unpaired) electrons. The SMILES string of the molecule is CC1CC[NH+](C[C@@H](O)COc2ccc(C34CC5CC(CC(C5)C3)C4)cc2)CC1. The van der Waals surface area contributed by atoms with Crippen molar-refractivity contribution in [1.82, 2.24) is 0 Å². The van der Waals surface area contributed by atoms with E-state index in [0.717, 1.165) is 36.0 Å². The fourth-order valence-electron chi connectivity index (χ4n) is 7.33. The van der Waals surface area contributed by atoms with E-state index in [4.69, 9.17) is 4.74 Å². The Kier molecular flexibility index (Phi) is 5.17. The third kappa shape index (κ3) is 3.85. The lowest BCUT2D eigenvalue weighted by molar-refractivity contribution is -0.909. The molecule has 5 aliphatic rings. The van der Waals surface area contributed by atoms with E-state index >= 15 is 0 Å². The number of likely N-dealkylation sites (tertiary alicyclic amines) is 1. The largest absolute Gasteiger partial charge is 0.491 e. The highest BCUT2D eigenvalue weighted by molar-refractivity contribution is 5.34. The van der Waals surface area contributed by atoms with Gasteiger partial charge >= 0.3 is 0 Å². The molecule has 1 atom stereocenters. The van der Waals surface area contributed by atoms with Gasteiger partial charge < -0.3 is 14.7 Å². The summed E-state index contributed by atoms with van der Waals surface area (Å²) < 4.78 is 5.94. The number of hydrogen-bond donors (Lipinski definition) is 2. The molecule has 3 heteroatoms. The van der Waals surface area contributed by atoms with E-state index < -0.39 is 0 Å². The Morgan fingerprint density at radius 1 is 1.00 bits per heavy atom. The lowest BCUT2D eigenvalue weighted by Crippen LogP contribution is -3.14. The minimum Gasteiger partial charge on any atom is -0.491 e. The minimum absolute atomic E-state index is 0.369. The summed E-state index contributed by atoms with van der Waals surface area (Å²) >= 11 is 0. The van der Waals surface area contributed by atoms with E-state index in [2.05, 4.69) is 31.2 Å². The number of quaternary nitrogens is 1. The van der Waals surface area contributed by atoms with Crippen molar-refractivity contribution in [3.63, 3.8) is 0 Å². The van der Waals surface area contributed by atoms with Crippen LogP contribution >= 0.6 is 0 Å². The minimum atomic E-state index is -0.369. The van der Waals surface area contributed by atoms with Gasteiger partial charge in [0.25, 0.3) is 0 Å². The van der Waals surface area contributed by atoms with Crippen LogP contribution in [0.5, 0.6) is 5.75 Å². The zero-order valence-electron chi connectivity index (χ0n) is 17.5. The third-order valence-corrected chi connectivity index (χ3v) is 8.45. The molecule has 3 nitrogen and oxygen atoms in total. The molecular weight excluding hydrogens is 346 g/mol. The number of piperidine rings is 1. The van der Waals surface area contributed by atoms with Crippen molar-refractivity contribution in [3.8, 4) is 5.75 Å². The first-order valence-electron chi connectivity index (χ1n) is 11.8. The molecule has 28 heavy (non-hydrogen) atoms. The van der Waals surface area contributed by atoms with E-state index in [-0.39, 0.29) is 6.10 Å². The summed E-state index contributed by atoms with van der Waals surface area (Å²) in [6.07, 6.45) is 10.9. The second kappa shape index (κ2) is 7.65. The van der Waals surface area contributed by atoms with Crippen LogP contribution in [-0.4, -0.2) is 37.5 Å². The first-order chi connectivity index (χ1) is 13.6. The van der Waals surface area contributed by atoms with Crippen molar-refractivity contribution in [1.29, 1.82) is 0 Å². The van der Waals surface area contributed by atoms with E-state index in [0.29, 0.717) is 12.0 Å². The Bertz CT molecular complexity index is 626. The summed E-state index contributed by atoms with van der Waals surface area (Å²) in [5.41, 5.74) is 2.01. The van der Waals surface area contributed by atoms with Gasteiger partial charge in [-0.25, -0.2) is 0 Å². The smallest absolute Gasteiger partial charge is 0.137 e. The van der Waals surface area contributed by atoms with Crippen molar-refractivity contribution in [3.05, 3.63) is 29.8 Å². The van der Waals surface area contributed by atoms with Crippen LogP contribution in [0.3, 0.4) is 0 Å². The van der Waals surface area contributed by atoms with Crippen molar-refractivity contribution in [2.24, 2.45) is 23.7 Å². The van der Waals surface area contributed by atoms with Gasteiger partial charge in [-0.3, -0.25) is 0 Å². The van der Waals surface area contributed by atoms with Gasteiger partial charge in [-0.15, -0.1) is 0 Å². The normalized spacial score (nSPS) is 40.4. The molecule has 1 heterocycles. The first-order valence-corrected chi connectivity index (χ1v) is 11.8. The topological polar surface area (TPSA) is 33.9 Å². The molecule has 1 aromatic carbocycles. The predicted molar refractivity (Wildman–Crippen MR) is 112 cm³/mol. The van der Waals surface area contributed by atoms with Gasteiger partial charge in [0.1, 0.15) is 25.0 Å². The Hall–Kier alpha value is -1.06. The lowest BCUT2D eigenvalue weighted by Gasteiger charge is -2.57. The Morgan fingerprint density at radius 3 is 2.14 bits per heavy atom. The summed E-state index contributed by atoms with van der Waals surface area (Å²) in [6, 6.07) is 8.95. The summed E-state index contributed by atoms with van der Waals surface area (Å²) in [5, 5.41) is 10.4. The van der Waals surface area contributed by atoms with E-state index in [1.165, 1.54) is 69.4 Å². The Balaban J connectivity index is 1.15. The van der Waals surface area contributed by atoms with Gasteiger partial charge in [-0.05, 0) is 98.1 Å². The third-order valence-electron chi connectivity index (χ3n) is 8.45. The first kappa shape index (κ1) is 18.9. The number of hydrogen-bond acceptors (Lipinski definition) is 2. The van der Waals surface area contributed by atoms with Gasteiger partial charge in [0.05, 0.1) is 13.1 Å². The van der Waals surface area contributed by atoms with Crippen LogP contribution in [0.25, 0.3) is 0 Å². The molecule has 0 spiro atoms. The van der Waals surface area contributed by atoms with E-state index in [1.807, 2.05) is 0 Å². The van der Waals surface area contributed by atoms with E-state index in [9.17, 15) is 5.11 Å². The fourth-order valence-corrected chi connectivity index (χ4v) is 7.33. The lowest BCUT2D eigenvalue weighted by atomic mass is 9.48. The molecule has 6 rings (SSSR count). The molecule has 1 saturated heterocycles. The van der Waals surface area contributed by atoms with Crippen molar-refractivity contribution >= 4 is 0 Å². The molecule has 4 bridgehead atoms. The predicted octanol–water partition coefficient (Wildman–Crippen LogP) is 3.21. The average molecular weight is 385 g/mol. The van der Waals surface area contributed by atoms with Gasteiger partial charge in [0.2, 0.25) is 0 Å². The Labute approximate surface area is 170 Å². The molecule has 2 N–H and O–H groups in total. The number of benzene rings is 1. The average Bonchev–Trinajstić information content (AvgIpc) is 2.68. The van der Waals surface area contributed by atoms with Crippen LogP contribution in [0.4, 0.5) is 0 Å². The molecule has 154 valence electrons. The van der Waals surface area contributed by atoms with Crippen molar-refractivity contribution < 1.29 is 14.7 Å². The molecule has 5 fully saturated rings. The maximum absolute atomic E-state index is 10.4. The fraction of sp³-hybridized carbons (Fsp3) is 0.760. The number of ether oxygens (including phenoxy) is 1.